The van der Waals surface area contributed by atoms with E-state index in [9.17, 15) is 13.2 Å². The van der Waals surface area contributed by atoms with E-state index in [1.165, 1.54) is 12.1 Å². The van der Waals surface area contributed by atoms with Gasteiger partial charge in [-0.25, -0.2) is 4.98 Å². The molecule has 0 aliphatic rings. The first-order valence-electron chi connectivity index (χ1n) is 5.09. The minimum atomic E-state index is -4.70. The van der Waals surface area contributed by atoms with Gasteiger partial charge in [-0.1, -0.05) is 46.4 Å². The van der Waals surface area contributed by atoms with E-state index in [-0.39, 0.29) is 26.2 Å². The molecule has 20 heavy (non-hydrogen) atoms. The zero-order chi connectivity index (χ0) is 15.1. The normalized spacial score (nSPS) is 11.8. The monoisotopic (exact) mass is 359 g/mol. The van der Waals surface area contributed by atoms with E-state index < -0.39 is 16.9 Å². The number of rotatable bonds is 1. The topological polar surface area (TPSA) is 12.9 Å². The zero-order valence-electron chi connectivity index (χ0n) is 9.40. The number of hydrogen-bond donors (Lipinski definition) is 0. The maximum absolute atomic E-state index is 13.1. The first kappa shape index (κ1) is 15.7. The molecule has 0 amide bonds. The van der Waals surface area contributed by atoms with Crippen LogP contribution in [0.2, 0.25) is 20.2 Å². The molecule has 0 atom stereocenters. The molecule has 2 aromatic rings. The van der Waals surface area contributed by atoms with E-state index in [0.29, 0.717) is 0 Å². The average Bonchev–Trinajstić information content (AvgIpc) is 2.33. The van der Waals surface area contributed by atoms with Gasteiger partial charge in [0, 0.05) is 17.3 Å². The Kier molecular flexibility index (Phi) is 4.40. The van der Waals surface area contributed by atoms with Crippen LogP contribution in [-0.2, 0) is 6.18 Å². The fourth-order valence-electron chi connectivity index (χ4n) is 1.69. The second kappa shape index (κ2) is 5.60. The summed E-state index contributed by atoms with van der Waals surface area (Å²) in [5, 5.41) is -0.631. The van der Waals surface area contributed by atoms with Crippen molar-refractivity contribution in [2.75, 3.05) is 0 Å². The van der Waals surface area contributed by atoms with Crippen LogP contribution in [0.5, 0.6) is 0 Å². The van der Waals surface area contributed by atoms with Crippen molar-refractivity contribution >= 4 is 46.4 Å². The number of aromatic nitrogens is 1. The highest BCUT2D eigenvalue weighted by atomic mass is 35.5. The van der Waals surface area contributed by atoms with Crippen molar-refractivity contribution in [3.63, 3.8) is 0 Å². The summed E-state index contributed by atoms with van der Waals surface area (Å²) in [7, 11) is 0. The van der Waals surface area contributed by atoms with Gasteiger partial charge in [0.2, 0.25) is 0 Å². The summed E-state index contributed by atoms with van der Waals surface area (Å²) in [5.41, 5.74) is -1.40. The molecule has 1 aromatic carbocycles. The minimum Gasteiger partial charge on any atom is -0.244 e. The first-order valence-corrected chi connectivity index (χ1v) is 6.60. The predicted molar refractivity (Wildman–Crippen MR) is 74.7 cm³/mol. The van der Waals surface area contributed by atoms with Gasteiger partial charge in [0.05, 0.1) is 15.1 Å². The Labute approximate surface area is 132 Å². The third-order valence-electron chi connectivity index (χ3n) is 2.50. The first-order chi connectivity index (χ1) is 9.23. The Morgan fingerprint density at radius 2 is 1.50 bits per heavy atom. The number of benzene rings is 1. The lowest BCUT2D eigenvalue weighted by Gasteiger charge is -2.16. The highest BCUT2D eigenvalue weighted by Gasteiger charge is 2.38. The number of nitrogens with zero attached hydrogens (tertiary/aromatic N) is 1. The summed E-state index contributed by atoms with van der Waals surface area (Å²) in [6, 6.07) is 3.89. The second-order valence-corrected chi connectivity index (χ2v) is 5.29. The van der Waals surface area contributed by atoms with Crippen molar-refractivity contribution in [3.8, 4) is 11.1 Å². The fraction of sp³-hybridized carbons (Fsp3) is 0.0833. The van der Waals surface area contributed by atoms with E-state index >= 15 is 0 Å². The largest absolute Gasteiger partial charge is 0.419 e. The van der Waals surface area contributed by atoms with E-state index in [4.69, 9.17) is 46.4 Å². The van der Waals surface area contributed by atoms with Crippen LogP contribution in [0, 0.1) is 0 Å². The van der Waals surface area contributed by atoms with Gasteiger partial charge in [-0.05, 0) is 18.2 Å². The van der Waals surface area contributed by atoms with Crippen LogP contribution >= 0.6 is 46.4 Å². The molecule has 0 aliphatic carbocycles. The van der Waals surface area contributed by atoms with E-state index in [2.05, 4.69) is 4.98 Å². The quantitative estimate of drug-likeness (QED) is 0.424. The Balaban J connectivity index is 2.85. The molecule has 106 valence electrons. The molecule has 0 N–H and O–H groups in total. The van der Waals surface area contributed by atoms with Gasteiger partial charge in [0.15, 0.2) is 0 Å². The third-order valence-corrected chi connectivity index (χ3v) is 3.91. The van der Waals surface area contributed by atoms with Crippen molar-refractivity contribution in [3.05, 3.63) is 50.2 Å². The maximum atomic E-state index is 13.1. The third kappa shape index (κ3) is 2.84. The number of alkyl halides is 3. The van der Waals surface area contributed by atoms with Crippen molar-refractivity contribution in [1.29, 1.82) is 0 Å². The van der Waals surface area contributed by atoms with Crippen LogP contribution in [0.25, 0.3) is 11.1 Å². The second-order valence-electron chi connectivity index (χ2n) is 3.74. The van der Waals surface area contributed by atoms with Gasteiger partial charge in [0.1, 0.15) is 10.7 Å². The van der Waals surface area contributed by atoms with Crippen LogP contribution < -0.4 is 0 Å². The van der Waals surface area contributed by atoms with Crippen molar-refractivity contribution < 1.29 is 13.2 Å². The molecule has 0 fully saturated rings. The highest BCUT2D eigenvalue weighted by molar-refractivity contribution is 6.46. The smallest absolute Gasteiger partial charge is 0.244 e. The van der Waals surface area contributed by atoms with Crippen LogP contribution in [-0.4, -0.2) is 4.98 Å². The molecule has 2 rings (SSSR count). The lowest BCUT2D eigenvalue weighted by molar-refractivity contribution is -0.137. The molecule has 1 nitrogen and oxygen atoms in total. The molecule has 0 bridgehead atoms. The van der Waals surface area contributed by atoms with Gasteiger partial charge < -0.3 is 0 Å². The maximum Gasteiger partial charge on any atom is 0.419 e. The molecule has 1 aromatic heterocycles. The van der Waals surface area contributed by atoms with Gasteiger partial charge in [-0.2, -0.15) is 13.2 Å². The van der Waals surface area contributed by atoms with Crippen LogP contribution in [0.1, 0.15) is 5.56 Å². The van der Waals surface area contributed by atoms with Crippen LogP contribution in [0.15, 0.2) is 24.4 Å². The summed E-state index contributed by atoms with van der Waals surface area (Å²) in [6.45, 7) is 0. The number of pyridine rings is 1. The van der Waals surface area contributed by atoms with Crippen LogP contribution in [0.4, 0.5) is 13.2 Å². The Bertz CT molecular complexity index is 670. The Morgan fingerprint density at radius 3 is 2.10 bits per heavy atom. The Morgan fingerprint density at radius 1 is 0.900 bits per heavy atom. The average molecular weight is 361 g/mol. The molecule has 0 aliphatic heterocycles. The molecular weight excluding hydrogens is 357 g/mol. The summed E-state index contributed by atoms with van der Waals surface area (Å²) in [6.07, 6.45) is -3.56. The minimum absolute atomic E-state index is 0.0301. The summed E-state index contributed by atoms with van der Waals surface area (Å²) in [5.74, 6) is 0. The molecule has 0 saturated heterocycles. The van der Waals surface area contributed by atoms with Gasteiger partial charge in [-0.3, -0.25) is 0 Å². The van der Waals surface area contributed by atoms with Crippen molar-refractivity contribution in [2.45, 2.75) is 6.18 Å². The highest BCUT2D eigenvalue weighted by Crippen LogP contribution is 2.46. The molecule has 0 saturated carbocycles. The summed E-state index contributed by atoms with van der Waals surface area (Å²) >= 11 is 23.3. The summed E-state index contributed by atoms with van der Waals surface area (Å²) < 4.78 is 39.3. The lowest BCUT2D eigenvalue weighted by Crippen LogP contribution is -2.09. The molecule has 1 heterocycles. The standard InChI is InChI=1S/C12H4Cl4F3N/c13-6-1-2-7(14)10(15)8(6)5-3-4-20-11(16)9(5)12(17,18)19/h1-4H. The number of hydrogen-bond acceptors (Lipinski definition) is 1. The van der Waals surface area contributed by atoms with E-state index in [1.807, 2.05) is 0 Å². The van der Waals surface area contributed by atoms with E-state index in [0.717, 1.165) is 12.3 Å². The Hall–Kier alpha value is -0.680. The van der Waals surface area contributed by atoms with Gasteiger partial charge >= 0.3 is 6.18 Å². The van der Waals surface area contributed by atoms with Crippen LogP contribution in [0.3, 0.4) is 0 Å². The molecule has 8 heteroatoms. The molecular formula is C12H4Cl4F3N. The van der Waals surface area contributed by atoms with E-state index in [1.54, 1.807) is 0 Å². The van der Waals surface area contributed by atoms with Crippen molar-refractivity contribution in [2.24, 2.45) is 0 Å². The zero-order valence-corrected chi connectivity index (χ0v) is 12.4. The predicted octanol–water partition coefficient (Wildman–Crippen LogP) is 6.38. The van der Waals surface area contributed by atoms with Crippen molar-refractivity contribution in [1.82, 2.24) is 4.98 Å². The number of halogens is 7. The fourth-order valence-corrected chi connectivity index (χ4v) is 2.69. The molecule has 0 spiro atoms. The van der Waals surface area contributed by atoms with Gasteiger partial charge in [-0.15, -0.1) is 0 Å². The van der Waals surface area contributed by atoms with Gasteiger partial charge in [0.25, 0.3) is 0 Å². The lowest BCUT2D eigenvalue weighted by atomic mass is 10.0. The molecule has 0 radical (unpaired) electrons. The molecule has 0 unspecified atom stereocenters. The summed E-state index contributed by atoms with van der Waals surface area (Å²) in [4.78, 5) is 3.44. The SMILES string of the molecule is FC(F)(F)c1c(-c2c(Cl)ccc(Cl)c2Cl)ccnc1Cl.